The van der Waals surface area contributed by atoms with E-state index in [1.54, 1.807) is 6.20 Å². The second-order valence-corrected chi connectivity index (χ2v) is 6.77. The van der Waals surface area contributed by atoms with E-state index >= 15 is 0 Å². The summed E-state index contributed by atoms with van der Waals surface area (Å²) in [6.45, 7) is 4.15. The van der Waals surface area contributed by atoms with Gasteiger partial charge in [-0.3, -0.25) is 0 Å². The predicted molar refractivity (Wildman–Crippen MR) is 90.5 cm³/mol. The third-order valence-electron chi connectivity index (χ3n) is 5.17. The molecule has 1 unspecified atom stereocenters. The van der Waals surface area contributed by atoms with E-state index in [0.29, 0.717) is 18.5 Å². The molecule has 0 amide bonds. The van der Waals surface area contributed by atoms with Crippen LogP contribution < -0.4 is 10.1 Å². The van der Waals surface area contributed by atoms with Gasteiger partial charge in [-0.1, -0.05) is 6.07 Å². The first-order valence-electron chi connectivity index (χ1n) is 8.71. The number of nitrogens with one attached hydrogen (secondary N) is 1. The molecule has 6 heteroatoms. The third-order valence-corrected chi connectivity index (χ3v) is 5.17. The molecule has 1 N–H and O–H groups in total. The number of ether oxygens (including phenoxy) is 1. The summed E-state index contributed by atoms with van der Waals surface area (Å²) in [5.74, 6) is -0.431. The quantitative estimate of drug-likeness (QED) is 0.902. The lowest BCUT2D eigenvalue weighted by Gasteiger charge is -2.45. The Morgan fingerprint density at radius 3 is 2.72 bits per heavy atom. The molecule has 5 rings (SSSR count). The largest absolute Gasteiger partial charge is 0.439 e. The van der Waals surface area contributed by atoms with Crippen molar-refractivity contribution in [2.75, 3.05) is 19.6 Å². The molecule has 0 radical (unpaired) electrons. The SMILES string of the molecule is Fc1ccc(Oc2ncccc2CNC2CN3CCC2CC3)cc1F. The average molecular weight is 345 g/mol. The number of halogens is 2. The molecule has 3 saturated heterocycles. The fraction of sp³-hybridized carbons (Fsp3) is 0.421. The molecule has 3 fully saturated rings. The van der Waals surface area contributed by atoms with E-state index in [1.807, 2.05) is 12.1 Å². The first-order valence-corrected chi connectivity index (χ1v) is 8.71. The van der Waals surface area contributed by atoms with E-state index in [-0.39, 0.29) is 5.75 Å². The first kappa shape index (κ1) is 16.4. The standard InChI is InChI=1S/C19H21F2N3O/c20-16-4-3-15(10-17(16)21)25-19-14(2-1-7-22-19)11-23-18-12-24-8-5-13(18)6-9-24/h1-4,7,10,13,18,23H,5-6,8-9,11-12H2. The van der Waals surface area contributed by atoms with Crippen LogP contribution in [0.5, 0.6) is 11.6 Å². The normalized spacial score (nSPS) is 25.1. The van der Waals surface area contributed by atoms with Crippen LogP contribution >= 0.6 is 0 Å². The fourth-order valence-corrected chi connectivity index (χ4v) is 3.74. The minimum atomic E-state index is -0.930. The third kappa shape index (κ3) is 3.65. The van der Waals surface area contributed by atoms with Gasteiger partial charge in [0.1, 0.15) is 5.75 Å². The van der Waals surface area contributed by atoms with Gasteiger partial charge >= 0.3 is 0 Å². The summed E-state index contributed by atoms with van der Waals surface area (Å²) >= 11 is 0. The summed E-state index contributed by atoms with van der Waals surface area (Å²) in [5.41, 5.74) is 0.906. The average Bonchev–Trinajstić information content (AvgIpc) is 2.65. The van der Waals surface area contributed by atoms with Gasteiger partial charge < -0.3 is 15.0 Å². The molecule has 1 aromatic carbocycles. The van der Waals surface area contributed by atoms with E-state index < -0.39 is 11.6 Å². The van der Waals surface area contributed by atoms with Crippen LogP contribution in [-0.2, 0) is 6.54 Å². The highest BCUT2D eigenvalue weighted by atomic mass is 19.2. The molecule has 2 aromatic rings. The molecule has 4 heterocycles. The molecule has 25 heavy (non-hydrogen) atoms. The smallest absolute Gasteiger partial charge is 0.223 e. The molecule has 0 spiro atoms. The molecule has 3 aliphatic heterocycles. The molecular formula is C19H21F2N3O. The maximum atomic E-state index is 13.4. The highest BCUT2D eigenvalue weighted by Gasteiger charge is 2.33. The van der Waals surface area contributed by atoms with Crippen molar-refractivity contribution in [3.63, 3.8) is 0 Å². The number of pyridine rings is 1. The van der Waals surface area contributed by atoms with Crippen LogP contribution in [0.15, 0.2) is 36.5 Å². The summed E-state index contributed by atoms with van der Waals surface area (Å²) in [4.78, 5) is 6.75. The van der Waals surface area contributed by atoms with Crippen LogP contribution in [0.25, 0.3) is 0 Å². The van der Waals surface area contributed by atoms with E-state index in [9.17, 15) is 8.78 Å². The number of rotatable bonds is 5. The fourth-order valence-electron chi connectivity index (χ4n) is 3.74. The predicted octanol–water partition coefficient (Wildman–Crippen LogP) is 3.34. The summed E-state index contributed by atoms with van der Waals surface area (Å²) in [6, 6.07) is 7.77. The van der Waals surface area contributed by atoms with Gasteiger partial charge in [-0.15, -0.1) is 0 Å². The Bertz CT molecular complexity index is 747. The molecule has 1 atom stereocenters. The molecule has 4 nitrogen and oxygen atoms in total. The van der Waals surface area contributed by atoms with E-state index in [2.05, 4.69) is 15.2 Å². The van der Waals surface area contributed by atoms with Gasteiger partial charge in [0.05, 0.1) is 0 Å². The molecule has 132 valence electrons. The summed E-state index contributed by atoms with van der Waals surface area (Å²) in [6.07, 6.45) is 4.14. The van der Waals surface area contributed by atoms with Crippen molar-refractivity contribution in [1.82, 2.24) is 15.2 Å². The lowest BCUT2D eigenvalue weighted by molar-refractivity contribution is 0.0719. The Labute approximate surface area is 145 Å². The van der Waals surface area contributed by atoms with Crippen molar-refractivity contribution < 1.29 is 13.5 Å². The van der Waals surface area contributed by atoms with Crippen molar-refractivity contribution in [2.24, 2.45) is 5.92 Å². The Morgan fingerprint density at radius 2 is 2.00 bits per heavy atom. The first-order chi connectivity index (χ1) is 12.2. The lowest BCUT2D eigenvalue weighted by atomic mass is 9.84. The minimum Gasteiger partial charge on any atom is -0.439 e. The highest BCUT2D eigenvalue weighted by molar-refractivity contribution is 5.32. The van der Waals surface area contributed by atoms with Gasteiger partial charge in [-0.25, -0.2) is 13.8 Å². The summed E-state index contributed by atoms with van der Waals surface area (Å²) in [5, 5.41) is 3.62. The Balaban J connectivity index is 1.44. The molecule has 3 aliphatic rings. The van der Waals surface area contributed by atoms with Gasteiger partial charge in [-0.05, 0) is 50.0 Å². The van der Waals surface area contributed by atoms with Crippen LogP contribution in [0.2, 0.25) is 0 Å². The Morgan fingerprint density at radius 1 is 1.16 bits per heavy atom. The van der Waals surface area contributed by atoms with Gasteiger partial charge in [0.15, 0.2) is 11.6 Å². The molecule has 0 aliphatic carbocycles. The van der Waals surface area contributed by atoms with Crippen molar-refractivity contribution in [2.45, 2.75) is 25.4 Å². The van der Waals surface area contributed by atoms with Crippen LogP contribution in [0.1, 0.15) is 18.4 Å². The zero-order valence-electron chi connectivity index (χ0n) is 13.9. The zero-order valence-corrected chi connectivity index (χ0v) is 13.9. The molecule has 0 saturated carbocycles. The van der Waals surface area contributed by atoms with Crippen LogP contribution in [-0.4, -0.2) is 35.6 Å². The van der Waals surface area contributed by atoms with E-state index in [4.69, 9.17) is 4.74 Å². The monoisotopic (exact) mass is 345 g/mol. The van der Waals surface area contributed by atoms with E-state index in [0.717, 1.165) is 30.2 Å². The number of benzene rings is 1. The summed E-state index contributed by atoms with van der Waals surface area (Å²) < 4.78 is 32.1. The van der Waals surface area contributed by atoms with Crippen LogP contribution in [0.4, 0.5) is 8.78 Å². The zero-order chi connectivity index (χ0) is 17.2. The number of fused-ring (bicyclic) bond motifs is 3. The van der Waals surface area contributed by atoms with Crippen molar-refractivity contribution in [3.05, 3.63) is 53.7 Å². The number of nitrogens with zero attached hydrogens (tertiary/aromatic N) is 2. The highest BCUT2D eigenvalue weighted by Crippen LogP contribution is 2.29. The van der Waals surface area contributed by atoms with E-state index in [1.165, 1.54) is 32.0 Å². The number of aromatic nitrogens is 1. The van der Waals surface area contributed by atoms with Crippen molar-refractivity contribution >= 4 is 0 Å². The van der Waals surface area contributed by atoms with Crippen LogP contribution in [0.3, 0.4) is 0 Å². The lowest BCUT2D eigenvalue weighted by Crippen LogP contribution is -2.55. The summed E-state index contributed by atoms with van der Waals surface area (Å²) in [7, 11) is 0. The van der Waals surface area contributed by atoms with Gasteiger partial charge in [0.2, 0.25) is 5.88 Å². The van der Waals surface area contributed by atoms with Crippen molar-refractivity contribution in [3.8, 4) is 11.6 Å². The second kappa shape index (κ2) is 7.06. The number of hydrogen-bond acceptors (Lipinski definition) is 4. The maximum absolute atomic E-state index is 13.4. The van der Waals surface area contributed by atoms with Gasteiger partial charge in [0.25, 0.3) is 0 Å². The molecular weight excluding hydrogens is 324 g/mol. The number of hydrogen-bond donors (Lipinski definition) is 1. The van der Waals surface area contributed by atoms with Gasteiger partial charge in [0, 0.05) is 37.0 Å². The Kier molecular flexibility index (Phi) is 4.63. The Hall–Kier alpha value is -2.05. The minimum absolute atomic E-state index is 0.238. The number of piperidine rings is 3. The van der Waals surface area contributed by atoms with Gasteiger partial charge in [-0.2, -0.15) is 0 Å². The topological polar surface area (TPSA) is 37.4 Å². The van der Waals surface area contributed by atoms with Crippen LogP contribution in [0, 0.1) is 17.6 Å². The second-order valence-electron chi connectivity index (χ2n) is 6.77. The molecule has 1 aromatic heterocycles. The maximum Gasteiger partial charge on any atom is 0.223 e. The van der Waals surface area contributed by atoms with Crippen molar-refractivity contribution in [1.29, 1.82) is 0 Å². The molecule has 2 bridgehead atoms.